The highest BCUT2D eigenvalue weighted by molar-refractivity contribution is 6.01. The van der Waals surface area contributed by atoms with Crippen molar-refractivity contribution in [1.82, 2.24) is 10.2 Å². The number of hydrogen-bond acceptors (Lipinski definition) is 5. The molecule has 3 amide bonds. The molecule has 0 atom stereocenters. The lowest BCUT2D eigenvalue weighted by Gasteiger charge is -2.29. The average Bonchev–Trinajstić information content (AvgIpc) is 3.18. The number of urea groups is 1. The average molecular weight is 383 g/mol. The van der Waals surface area contributed by atoms with Crippen molar-refractivity contribution in [3.63, 3.8) is 0 Å². The second-order valence-corrected chi connectivity index (χ2v) is 6.58. The van der Waals surface area contributed by atoms with Crippen LogP contribution in [0.3, 0.4) is 0 Å². The Labute approximate surface area is 162 Å². The molecule has 0 aromatic heterocycles. The van der Waals surface area contributed by atoms with Crippen molar-refractivity contribution in [2.24, 2.45) is 0 Å². The van der Waals surface area contributed by atoms with E-state index in [-0.39, 0.29) is 25.3 Å². The molecular formula is C20H21N3O5. The van der Waals surface area contributed by atoms with Crippen LogP contribution < -0.4 is 24.8 Å². The molecule has 0 unspecified atom stereocenters. The predicted molar refractivity (Wildman–Crippen MR) is 102 cm³/mol. The lowest BCUT2D eigenvalue weighted by Crippen LogP contribution is -2.36. The number of ether oxygens (including phenoxy) is 3. The number of carbonyl (C=O) groups is 2. The van der Waals surface area contributed by atoms with E-state index in [9.17, 15) is 9.59 Å². The topological polar surface area (TPSA) is 89.1 Å². The first-order chi connectivity index (χ1) is 13.6. The monoisotopic (exact) mass is 383 g/mol. The van der Waals surface area contributed by atoms with E-state index in [0.717, 1.165) is 11.1 Å². The second kappa shape index (κ2) is 7.30. The minimum absolute atomic E-state index is 0.0435. The van der Waals surface area contributed by atoms with Gasteiger partial charge in [-0.3, -0.25) is 4.79 Å². The lowest BCUT2D eigenvalue weighted by atomic mass is 9.91. The van der Waals surface area contributed by atoms with Crippen LogP contribution in [0, 0.1) is 0 Å². The van der Waals surface area contributed by atoms with Crippen LogP contribution in [0.1, 0.15) is 21.5 Å². The van der Waals surface area contributed by atoms with Gasteiger partial charge in [-0.25, -0.2) is 4.79 Å². The standard InChI is InChI=1S/C20H21N3O5/c1-23-9-8-13-14(10-21-20(25)22-12-6-4-3-5-7-12)16-18(28-11-27-16)17(26-2)15(13)19(23)24/h3-7H,8-11H2,1-2H3,(H2,21,22,25). The fourth-order valence-electron chi connectivity index (χ4n) is 3.53. The number of fused-ring (bicyclic) bond motifs is 2. The summed E-state index contributed by atoms with van der Waals surface area (Å²) in [4.78, 5) is 26.7. The zero-order valence-corrected chi connectivity index (χ0v) is 15.7. The van der Waals surface area contributed by atoms with Crippen molar-refractivity contribution < 1.29 is 23.8 Å². The van der Waals surface area contributed by atoms with Gasteiger partial charge in [0, 0.05) is 31.4 Å². The molecule has 2 aromatic rings. The maximum absolute atomic E-state index is 12.8. The van der Waals surface area contributed by atoms with Crippen LogP contribution in [0.25, 0.3) is 0 Å². The molecule has 2 aliphatic heterocycles. The Morgan fingerprint density at radius 2 is 1.96 bits per heavy atom. The van der Waals surface area contributed by atoms with E-state index in [1.54, 1.807) is 24.1 Å². The minimum atomic E-state index is -0.345. The molecule has 2 heterocycles. The first-order valence-electron chi connectivity index (χ1n) is 8.96. The van der Waals surface area contributed by atoms with Gasteiger partial charge in [-0.1, -0.05) is 18.2 Å². The second-order valence-electron chi connectivity index (χ2n) is 6.58. The number of amides is 3. The number of hydrogen-bond donors (Lipinski definition) is 2. The molecule has 0 bridgehead atoms. The first-order valence-corrected chi connectivity index (χ1v) is 8.96. The molecular weight excluding hydrogens is 362 g/mol. The molecule has 0 spiro atoms. The van der Waals surface area contributed by atoms with Crippen LogP contribution in [0.5, 0.6) is 17.2 Å². The number of carbonyl (C=O) groups excluding carboxylic acids is 2. The third-order valence-electron chi connectivity index (χ3n) is 4.91. The molecule has 2 aromatic carbocycles. The number of para-hydroxylation sites is 1. The Hall–Kier alpha value is -3.42. The number of likely N-dealkylation sites (N-methyl/N-ethyl adjacent to an activating group) is 1. The molecule has 8 heteroatoms. The normalized spacial score (nSPS) is 14.5. The van der Waals surface area contributed by atoms with E-state index in [0.29, 0.717) is 41.5 Å². The molecule has 0 saturated carbocycles. The van der Waals surface area contributed by atoms with Gasteiger partial charge in [-0.2, -0.15) is 0 Å². The Morgan fingerprint density at radius 1 is 1.21 bits per heavy atom. The van der Waals surface area contributed by atoms with Gasteiger partial charge in [0.15, 0.2) is 11.5 Å². The molecule has 2 N–H and O–H groups in total. The predicted octanol–water partition coefficient (Wildman–Crippen LogP) is 2.37. The summed E-state index contributed by atoms with van der Waals surface area (Å²) in [5.74, 6) is 1.18. The molecule has 28 heavy (non-hydrogen) atoms. The summed E-state index contributed by atoms with van der Waals surface area (Å²) in [5.41, 5.74) is 2.73. The summed E-state index contributed by atoms with van der Waals surface area (Å²) in [6.45, 7) is 0.827. The highest BCUT2D eigenvalue weighted by Crippen LogP contribution is 2.49. The molecule has 0 aliphatic carbocycles. The van der Waals surface area contributed by atoms with Gasteiger partial charge in [0.05, 0.1) is 12.7 Å². The van der Waals surface area contributed by atoms with Gasteiger partial charge in [0.1, 0.15) is 0 Å². The molecule has 4 rings (SSSR count). The Balaban J connectivity index is 1.65. The number of rotatable bonds is 4. The molecule has 2 aliphatic rings. The molecule has 8 nitrogen and oxygen atoms in total. The van der Waals surface area contributed by atoms with Gasteiger partial charge in [-0.05, 0) is 24.1 Å². The van der Waals surface area contributed by atoms with E-state index < -0.39 is 0 Å². The van der Waals surface area contributed by atoms with Crippen LogP contribution >= 0.6 is 0 Å². The van der Waals surface area contributed by atoms with E-state index in [1.165, 1.54) is 7.11 Å². The molecule has 146 valence electrons. The van der Waals surface area contributed by atoms with Gasteiger partial charge < -0.3 is 29.7 Å². The minimum Gasteiger partial charge on any atom is -0.492 e. The fraction of sp³-hybridized carbons (Fsp3) is 0.300. The summed E-state index contributed by atoms with van der Waals surface area (Å²) in [5, 5.41) is 5.62. The van der Waals surface area contributed by atoms with E-state index in [2.05, 4.69) is 10.6 Å². The molecule has 0 saturated heterocycles. The van der Waals surface area contributed by atoms with Gasteiger partial charge in [0.2, 0.25) is 12.5 Å². The number of nitrogens with zero attached hydrogens (tertiary/aromatic N) is 1. The summed E-state index contributed by atoms with van der Waals surface area (Å²) in [7, 11) is 3.26. The first kappa shape index (κ1) is 18.0. The van der Waals surface area contributed by atoms with Crippen molar-refractivity contribution in [2.45, 2.75) is 13.0 Å². The summed E-state index contributed by atoms with van der Waals surface area (Å²) in [6, 6.07) is 8.82. The maximum atomic E-state index is 12.8. The third kappa shape index (κ3) is 3.06. The van der Waals surface area contributed by atoms with E-state index in [4.69, 9.17) is 14.2 Å². The zero-order valence-electron chi connectivity index (χ0n) is 15.7. The summed E-state index contributed by atoms with van der Waals surface area (Å²) in [6.07, 6.45) is 0.641. The van der Waals surface area contributed by atoms with Crippen LogP contribution in [-0.4, -0.2) is 44.3 Å². The summed E-state index contributed by atoms with van der Waals surface area (Å²) < 4.78 is 16.7. The van der Waals surface area contributed by atoms with Crippen molar-refractivity contribution in [1.29, 1.82) is 0 Å². The molecule has 0 fully saturated rings. The van der Waals surface area contributed by atoms with Crippen molar-refractivity contribution >= 4 is 17.6 Å². The van der Waals surface area contributed by atoms with Gasteiger partial charge in [0.25, 0.3) is 5.91 Å². The van der Waals surface area contributed by atoms with Crippen molar-refractivity contribution in [3.05, 3.63) is 47.0 Å². The Morgan fingerprint density at radius 3 is 2.71 bits per heavy atom. The van der Waals surface area contributed by atoms with Gasteiger partial charge >= 0.3 is 6.03 Å². The number of benzene rings is 2. The quantitative estimate of drug-likeness (QED) is 0.846. The van der Waals surface area contributed by atoms with Crippen molar-refractivity contribution in [2.75, 3.05) is 32.8 Å². The third-order valence-corrected chi connectivity index (χ3v) is 4.91. The SMILES string of the molecule is COc1c2c(c(CNC(=O)Nc3ccccc3)c3c1C(=O)N(C)CC3)OCO2. The van der Waals surface area contributed by atoms with Crippen LogP contribution in [0.2, 0.25) is 0 Å². The largest absolute Gasteiger partial charge is 0.492 e. The Bertz CT molecular complexity index is 929. The smallest absolute Gasteiger partial charge is 0.319 e. The maximum Gasteiger partial charge on any atom is 0.319 e. The lowest BCUT2D eigenvalue weighted by molar-refractivity contribution is 0.0775. The van der Waals surface area contributed by atoms with Crippen LogP contribution in [0.15, 0.2) is 30.3 Å². The van der Waals surface area contributed by atoms with Crippen LogP contribution in [0.4, 0.5) is 10.5 Å². The zero-order chi connectivity index (χ0) is 19.7. The number of methoxy groups -OCH3 is 1. The van der Waals surface area contributed by atoms with E-state index in [1.807, 2.05) is 18.2 Å². The van der Waals surface area contributed by atoms with Crippen molar-refractivity contribution in [3.8, 4) is 17.2 Å². The highest BCUT2D eigenvalue weighted by atomic mass is 16.7. The highest BCUT2D eigenvalue weighted by Gasteiger charge is 2.36. The number of nitrogens with one attached hydrogen (secondary N) is 2. The number of anilines is 1. The van der Waals surface area contributed by atoms with Crippen LogP contribution in [-0.2, 0) is 13.0 Å². The van der Waals surface area contributed by atoms with E-state index >= 15 is 0 Å². The fourth-order valence-corrected chi connectivity index (χ4v) is 3.53. The summed E-state index contributed by atoms with van der Waals surface area (Å²) >= 11 is 0. The molecule has 0 radical (unpaired) electrons. The Kier molecular flexibility index (Phi) is 4.68. The van der Waals surface area contributed by atoms with Gasteiger partial charge in [-0.15, -0.1) is 0 Å².